The summed E-state index contributed by atoms with van der Waals surface area (Å²) < 4.78 is 33.6. The molecule has 0 aromatic heterocycles. The molecule has 1 aromatic rings. The maximum Gasteiger partial charge on any atom is 0.387 e. The first kappa shape index (κ1) is 14.9. The molecule has 7 heteroatoms. The van der Waals surface area contributed by atoms with Crippen LogP contribution in [0.1, 0.15) is 16.7 Å². The fourth-order valence-corrected chi connectivity index (χ4v) is 1.57. The quantitative estimate of drug-likeness (QED) is 0.816. The van der Waals surface area contributed by atoms with Gasteiger partial charge in [0.05, 0.1) is 25.2 Å². The summed E-state index contributed by atoms with van der Waals surface area (Å²) in [7, 11) is 1.17. The summed E-state index contributed by atoms with van der Waals surface area (Å²) in [6.07, 6.45) is -0.277. The van der Waals surface area contributed by atoms with Crippen molar-refractivity contribution in [3.05, 3.63) is 28.8 Å². The molecule has 0 heterocycles. The largest absolute Gasteiger partial charge is 0.469 e. The molecule has 0 bridgehead atoms. The normalized spacial score (nSPS) is 10.1. The second-order valence-electron chi connectivity index (χ2n) is 3.57. The van der Waals surface area contributed by atoms with E-state index in [1.807, 2.05) is 6.07 Å². The van der Waals surface area contributed by atoms with Gasteiger partial charge in [-0.2, -0.15) is 14.0 Å². The Morgan fingerprint density at radius 1 is 1.47 bits per heavy atom. The molecular formula is C12H12F2N2O3. The lowest BCUT2D eigenvalue weighted by Crippen LogP contribution is -2.13. The molecule has 5 nitrogen and oxygen atoms in total. The molecule has 0 saturated carbocycles. The molecule has 0 spiro atoms. The summed E-state index contributed by atoms with van der Waals surface area (Å²) >= 11 is 0. The highest BCUT2D eigenvalue weighted by Gasteiger charge is 2.18. The number of nitrogens with two attached hydrogens (primary N) is 1. The van der Waals surface area contributed by atoms with E-state index in [2.05, 4.69) is 9.47 Å². The van der Waals surface area contributed by atoms with Gasteiger partial charge in [-0.25, -0.2) is 0 Å². The number of alkyl halides is 2. The number of esters is 1. The van der Waals surface area contributed by atoms with E-state index < -0.39 is 12.6 Å². The molecule has 0 unspecified atom stereocenters. The molecule has 2 N–H and O–H groups in total. The van der Waals surface area contributed by atoms with Crippen molar-refractivity contribution in [2.45, 2.75) is 19.6 Å². The van der Waals surface area contributed by atoms with Crippen LogP contribution in [0.2, 0.25) is 0 Å². The summed E-state index contributed by atoms with van der Waals surface area (Å²) in [5.74, 6) is -0.806. The Balaban J connectivity index is 3.29. The fraction of sp³-hybridized carbons (Fsp3) is 0.333. The lowest BCUT2D eigenvalue weighted by Gasteiger charge is -2.14. The first-order chi connectivity index (χ1) is 9.01. The highest BCUT2D eigenvalue weighted by molar-refractivity contribution is 5.74. The Morgan fingerprint density at radius 3 is 2.58 bits per heavy atom. The van der Waals surface area contributed by atoms with Gasteiger partial charge in [-0.15, -0.1) is 0 Å². The fourth-order valence-electron chi connectivity index (χ4n) is 1.57. The molecule has 19 heavy (non-hydrogen) atoms. The molecule has 1 rings (SSSR count). The Labute approximate surface area is 108 Å². The van der Waals surface area contributed by atoms with Gasteiger partial charge >= 0.3 is 12.6 Å². The molecule has 0 radical (unpaired) electrons. The summed E-state index contributed by atoms with van der Waals surface area (Å²) in [6.45, 7) is -3.14. The maximum atomic E-state index is 12.4. The van der Waals surface area contributed by atoms with Crippen molar-refractivity contribution in [2.75, 3.05) is 7.11 Å². The van der Waals surface area contributed by atoms with Gasteiger partial charge in [-0.1, -0.05) is 0 Å². The van der Waals surface area contributed by atoms with Gasteiger partial charge in [0.2, 0.25) is 0 Å². The zero-order valence-electron chi connectivity index (χ0n) is 10.2. The van der Waals surface area contributed by atoms with Crippen molar-refractivity contribution < 1.29 is 23.0 Å². The number of hydrogen-bond acceptors (Lipinski definition) is 5. The third-order valence-electron chi connectivity index (χ3n) is 2.36. The summed E-state index contributed by atoms with van der Waals surface area (Å²) in [4.78, 5) is 11.2. The van der Waals surface area contributed by atoms with Gasteiger partial charge in [0.25, 0.3) is 0 Å². The van der Waals surface area contributed by atoms with Gasteiger partial charge in [0.1, 0.15) is 5.75 Å². The van der Waals surface area contributed by atoms with Crippen LogP contribution in [-0.2, 0) is 22.5 Å². The molecule has 102 valence electrons. The number of rotatable bonds is 5. The van der Waals surface area contributed by atoms with Crippen LogP contribution >= 0.6 is 0 Å². The first-order valence-electron chi connectivity index (χ1n) is 5.29. The van der Waals surface area contributed by atoms with E-state index >= 15 is 0 Å². The standard InChI is InChI=1S/C12H12F2N2O3/c1-18-10(17)4-8-2-7(5-15)3-9(6-16)11(8)19-12(13)14/h2-3,12H,4,6,16H2,1H3. The summed E-state index contributed by atoms with van der Waals surface area (Å²) in [5, 5.41) is 8.85. The molecule has 0 saturated heterocycles. The molecule has 0 atom stereocenters. The Morgan fingerprint density at radius 2 is 2.11 bits per heavy atom. The van der Waals surface area contributed by atoms with Crippen LogP contribution in [0.15, 0.2) is 12.1 Å². The van der Waals surface area contributed by atoms with Crippen molar-refractivity contribution in [3.63, 3.8) is 0 Å². The topological polar surface area (TPSA) is 85.3 Å². The number of halogens is 2. The van der Waals surface area contributed by atoms with E-state index in [0.29, 0.717) is 0 Å². The minimum atomic E-state index is -3.05. The van der Waals surface area contributed by atoms with Crippen LogP contribution in [0.5, 0.6) is 5.75 Å². The minimum Gasteiger partial charge on any atom is -0.469 e. The second-order valence-corrected chi connectivity index (χ2v) is 3.57. The third-order valence-corrected chi connectivity index (χ3v) is 2.36. The highest BCUT2D eigenvalue weighted by Crippen LogP contribution is 2.28. The number of methoxy groups -OCH3 is 1. The van der Waals surface area contributed by atoms with E-state index in [1.54, 1.807) is 0 Å². The van der Waals surface area contributed by atoms with Crippen LogP contribution in [0.3, 0.4) is 0 Å². The molecule has 0 amide bonds. The van der Waals surface area contributed by atoms with E-state index in [1.165, 1.54) is 19.2 Å². The SMILES string of the molecule is COC(=O)Cc1cc(C#N)cc(CN)c1OC(F)F. The molecular weight excluding hydrogens is 258 g/mol. The number of nitriles is 1. The monoisotopic (exact) mass is 270 g/mol. The average Bonchev–Trinajstić information content (AvgIpc) is 2.39. The van der Waals surface area contributed by atoms with Gasteiger partial charge in [0.15, 0.2) is 0 Å². The predicted octanol–water partition coefficient (Wildman–Crippen LogP) is 1.33. The van der Waals surface area contributed by atoms with Crippen molar-refractivity contribution >= 4 is 5.97 Å². The summed E-state index contributed by atoms with van der Waals surface area (Å²) in [5.41, 5.74) is 6.02. The Bertz CT molecular complexity index is 512. The van der Waals surface area contributed by atoms with Crippen molar-refractivity contribution in [3.8, 4) is 11.8 Å². The van der Waals surface area contributed by atoms with E-state index in [4.69, 9.17) is 11.0 Å². The van der Waals surface area contributed by atoms with Gasteiger partial charge in [-0.05, 0) is 12.1 Å². The van der Waals surface area contributed by atoms with Crippen LogP contribution in [0.25, 0.3) is 0 Å². The zero-order valence-corrected chi connectivity index (χ0v) is 10.2. The maximum absolute atomic E-state index is 12.4. The predicted molar refractivity (Wildman–Crippen MR) is 61.4 cm³/mol. The lowest BCUT2D eigenvalue weighted by atomic mass is 10.0. The number of ether oxygens (including phenoxy) is 2. The van der Waals surface area contributed by atoms with E-state index in [0.717, 1.165) is 0 Å². The van der Waals surface area contributed by atoms with Crippen molar-refractivity contribution in [1.29, 1.82) is 5.26 Å². The summed E-state index contributed by atoms with van der Waals surface area (Å²) in [6, 6.07) is 4.51. The average molecular weight is 270 g/mol. The van der Waals surface area contributed by atoms with Crippen LogP contribution in [0, 0.1) is 11.3 Å². The van der Waals surface area contributed by atoms with Crippen molar-refractivity contribution in [1.82, 2.24) is 0 Å². The second kappa shape index (κ2) is 6.66. The minimum absolute atomic E-state index is 0.0915. The zero-order chi connectivity index (χ0) is 14.4. The van der Waals surface area contributed by atoms with Crippen LogP contribution in [0.4, 0.5) is 8.78 Å². The van der Waals surface area contributed by atoms with Gasteiger partial charge < -0.3 is 15.2 Å². The smallest absolute Gasteiger partial charge is 0.387 e. The Hall–Kier alpha value is -2.20. The third kappa shape index (κ3) is 3.89. The molecule has 0 fully saturated rings. The molecule has 0 aliphatic carbocycles. The highest BCUT2D eigenvalue weighted by atomic mass is 19.3. The number of benzene rings is 1. The lowest BCUT2D eigenvalue weighted by molar-refractivity contribution is -0.139. The molecule has 0 aliphatic rings. The van der Waals surface area contributed by atoms with Gasteiger partial charge in [-0.3, -0.25) is 4.79 Å². The van der Waals surface area contributed by atoms with Crippen LogP contribution in [-0.4, -0.2) is 19.7 Å². The number of carbonyl (C=O) groups excluding carboxylic acids is 1. The van der Waals surface area contributed by atoms with E-state index in [9.17, 15) is 13.6 Å². The number of hydrogen-bond donors (Lipinski definition) is 1. The molecule has 1 aromatic carbocycles. The number of carbonyl (C=O) groups is 1. The Kier molecular flexibility index (Phi) is 5.21. The number of nitrogens with zero attached hydrogens (tertiary/aromatic N) is 1. The van der Waals surface area contributed by atoms with Crippen molar-refractivity contribution in [2.24, 2.45) is 5.73 Å². The van der Waals surface area contributed by atoms with E-state index in [-0.39, 0.29) is 35.4 Å². The van der Waals surface area contributed by atoms with Gasteiger partial charge in [0, 0.05) is 17.7 Å². The molecule has 0 aliphatic heterocycles. The van der Waals surface area contributed by atoms with Crippen LogP contribution < -0.4 is 10.5 Å². The first-order valence-corrected chi connectivity index (χ1v) is 5.29.